The maximum Gasteiger partial charge on any atom is 0.119 e. The highest BCUT2D eigenvalue weighted by Crippen LogP contribution is 2.40. The van der Waals surface area contributed by atoms with Crippen LogP contribution in [-0.4, -0.2) is 31.0 Å². The summed E-state index contributed by atoms with van der Waals surface area (Å²) in [5.41, 5.74) is 6.42. The van der Waals surface area contributed by atoms with Crippen LogP contribution in [0.5, 0.6) is 5.75 Å². The Hall–Kier alpha value is -1.10. The van der Waals surface area contributed by atoms with Gasteiger partial charge in [-0.25, -0.2) is 0 Å². The van der Waals surface area contributed by atoms with E-state index in [1.807, 2.05) is 38.1 Å². The predicted octanol–water partition coefficient (Wildman–Crippen LogP) is 2.26. The van der Waals surface area contributed by atoms with E-state index in [0.29, 0.717) is 13.2 Å². The molecule has 1 heterocycles. The zero-order valence-corrected chi connectivity index (χ0v) is 12.3. The molecular formula is C16H25NO3. The van der Waals surface area contributed by atoms with Gasteiger partial charge in [-0.05, 0) is 44.4 Å². The molecule has 1 aliphatic rings. The minimum Gasteiger partial charge on any atom is -0.491 e. The van der Waals surface area contributed by atoms with Crippen LogP contribution in [0.25, 0.3) is 0 Å². The summed E-state index contributed by atoms with van der Waals surface area (Å²) >= 11 is 0. The van der Waals surface area contributed by atoms with Crippen molar-refractivity contribution in [3.63, 3.8) is 0 Å². The molecule has 112 valence electrons. The molecule has 2 atom stereocenters. The average Bonchev–Trinajstić information content (AvgIpc) is 2.47. The van der Waals surface area contributed by atoms with E-state index in [-0.39, 0.29) is 11.5 Å². The number of benzene rings is 1. The fourth-order valence-electron chi connectivity index (χ4n) is 2.72. The minimum atomic E-state index is -0.596. The van der Waals surface area contributed by atoms with Crippen molar-refractivity contribution in [3.05, 3.63) is 29.8 Å². The monoisotopic (exact) mass is 279 g/mol. The van der Waals surface area contributed by atoms with Crippen LogP contribution in [0.1, 0.15) is 38.4 Å². The normalized spacial score (nSPS) is 24.6. The fourth-order valence-corrected chi connectivity index (χ4v) is 2.72. The smallest absolute Gasteiger partial charge is 0.119 e. The minimum absolute atomic E-state index is 0.146. The molecule has 0 radical (unpaired) electrons. The Morgan fingerprint density at radius 3 is 2.55 bits per heavy atom. The summed E-state index contributed by atoms with van der Waals surface area (Å²) in [5, 5.41) is 10.7. The van der Waals surface area contributed by atoms with Crippen molar-refractivity contribution < 1.29 is 14.6 Å². The van der Waals surface area contributed by atoms with Gasteiger partial charge in [-0.2, -0.15) is 0 Å². The molecule has 0 saturated carbocycles. The molecular weight excluding hydrogens is 254 g/mol. The molecule has 2 rings (SSSR count). The maximum atomic E-state index is 10.7. The number of nitrogens with two attached hydrogens (primary N) is 1. The van der Waals surface area contributed by atoms with Gasteiger partial charge in [0, 0.05) is 18.6 Å². The van der Waals surface area contributed by atoms with E-state index in [1.54, 1.807) is 0 Å². The molecule has 1 aromatic carbocycles. The molecule has 4 heteroatoms. The molecule has 20 heavy (non-hydrogen) atoms. The largest absolute Gasteiger partial charge is 0.491 e. The van der Waals surface area contributed by atoms with Gasteiger partial charge in [0.05, 0.1) is 18.8 Å². The molecule has 0 aromatic heterocycles. The van der Waals surface area contributed by atoms with E-state index in [1.165, 1.54) is 0 Å². The number of aliphatic hydroxyl groups is 1. The molecule has 0 aliphatic carbocycles. The molecule has 1 aromatic rings. The second kappa shape index (κ2) is 6.57. The molecule has 0 bridgehead atoms. The van der Waals surface area contributed by atoms with Crippen molar-refractivity contribution in [2.24, 2.45) is 11.1 Å². The lowest BCUT2D eigenvalue weighted by atomic mass is 9.75. The molecule has 1 saturated heterocycles. The summed E-state index contributed by atoms with van der Waals surface area (Å²) in [6.07, 6.45) is 1.39. The number of aliphatic hydroxyl groups excluding tert-OH is 1. The third-order valence-corrected chi connectivity index (χ3v) is 3.91. The van der Waals surface area contributed by atoms with Crippen LogP contribution in [0, 0.1) is 5.41 Å². The molecule has 4 nitrogen and oxygen atoms in total. The summed E-state index contributed by atoms with van der Waals surface area (Å²) in [6.45, 7) is 5.69. The standard InChI is InChI=1S/C16H25NO3/c1-12(2)20-14-6-4-13(5-7-14)15(18)16(10-17)8-3-9-19-11-16/h4-7,12,15,18H,3,8-11,17H2,1-2H3. The summed E-state index contributed by atoms with van der Waals surface area (Å²) in [4.78, 5) is 0. The van der Waals surface area contributed by atoms with Crippen molar-refractivity contribution in [1.82, 2.24) is 0 Å². The fraction of sp³-hybridized carbons (Fsp3) is 0.625. The van der Waals surface area contributed by atoms with Gasteiger partial charge < -0.3 is 20.3 Å². The number of ether oxygens (including phenoxy) is 2. The zero-order valence-electron chi connectivity index (χ0n) is 12.3. The van der Waals surface area contributed by atoms with E-state index < -0.39 is 6.10 Å². The van der Waals surface area contributed by atoms with E-state index >= 15 is 0 Å². The molecule has 1 fully saturated rings. The first-order chi connectivity index (χ1) is 9.57. The number of rotatable bonds is 5. The van der Waals surface area contributed by atoms with Crippen LogP contribution < -0.4 is 10.5 Å². The van der Waals surface area contributed by atoms with Gasteiger partial charge in [0.15, 0.2) is 0 Å². The molecule has 0 spiro atoms. The first-order valence-electron chi connectivity index (χ1n) is 7.30. The van der Waals surface area contributed by atoms with Crippen molar-refractivity contribution in [2.75, 3.05) is 19.8 Å². The predicted molar refractivity (Wildman–Crippen MR) is 78.7 cm³/mol. The first-order valence-corrected chi connectivity index (χ1v) is 7.30. The van der Waals surface area contributed by atoms with Gasteiger partial charge in [0.25, 0.3) is 0 Å². The summed E-state index contributed by atoms with van der Waals surface area (Å²) in [5.74, 6) is 0.817. The molecule has 3 N–H and O–H groups in total. The lowest BCUT2D eigenvalue weighted by molar-refractivity contribution is -0.0782. The Balaban J connectivity index is 2.13. The van der Waals surface area contributed by atoms with Crippen molar-refractivity contribution >= 4 is 0 Å². The van der Waals surface area contributed by atoms with Gasteiger partial charge in [-0.1, -0.05) is 12.1 Å². The van der Waals surface area contributed by atoms with Crippen LogP contribution in [0.3, 0.4) is 0 Å². The summed E-state index contributed by atoms with van der Waals surface area (Å²) in [6, 6.07) is 7.61. The lowest BCUT2D eigenvalue weighted by Gasteiger charge is -2.40. The van der Waals surface area contributed by atoms with Gasteiger partial charge in [-0.3, -0.25) is 0 Å². The Bertz CT molecular complexity index is 410. The van der Waals surface area contributed by atoms with E-state index in [0.717, 1.165) is 30.8 Å². The molecule has 1 aliphatic heterocycles. The topological polar surface area (TPSA) is 64.7 Å². The second-order valence-corrected chi connectivity index (χ2v) is 5.86. The number of hydrogen-bond acceptors (Lipinski definition) is 4. The number of hydrogen-bond donors (Lipinski definition) is 2. The zero-order chi connectivity index (χ0) is 14.6. The lowest BCUT2D eigenvalue weighted by Crippen LogP contribution is -2.43. The Kier molecular flexibility index (Phi) is 5.02. The van der Waals surface area contributed by atoms with E-state index in [2.05, 4.69) is 0 Å². The van der Waals surface area contributed by atoms with Gasteiger partial charge in [-0.15, -0.1) is 0 Å². The Morgan fingerprint density at radius 2 is 2.05 bits per heavy atom. The average molecular weight is 279 g/mol. The van der Waals surface area contributed by atoms with Crippen molar-refractivity contribution in [2.45, 2.75) is 38.9 Å². The molecule has 0 amide bonds. The Labute approximate surface area is 120 Å². The summed E-state index contributed by atoms with van der Waals surface area (Å²) in [7, 11) is 0. The van der Waals surface area contributed by atoms with Gasteiger partial charge >= 0.3 is 0 Å². The third-order valence-electron chi connectivity index (χ3n) is 3.91. The van der Waals surface area contributed by atoms with Crippen LogP contribution in [-0.2, 0) is 4.74 Å². The highest BCUT2D eigenvalue weighted by atomic mass is 16.5. The van der Waals surface area contributed by atoms with Crippen molar-refractivity contribution in [1.29, 1.82) is 0 Å². The highest BCUT2D eigenvalue weighted by Gasteiger charge is 2.39. The summed E-state index contributed by atoms with van der Waals surface area (Å²) < 4.78 is 11.1. The SMILES string of the molecule is CC(C)Oc1ccc(C(O)C2(CN)CCCOC2)cc1. The highest BCUT2D eigenvalue weighted by molar-refractivity contribution is 5.29. The van der Waals surface area contributed by atoms with E-state index in [9.17, 15) is 5.11 Å². The Morgan fingerprint density at radius 1 is 1.35 bits per heavy atom. The van der Waals surface area contributed by atoms with Crippen LogP contribution in [0.4, 0.5) is 0 Å². The first kappa shape index (κ1) is 15.3. The van der Waals surface area contributed by atoms with Crippen LogP contribution >= 0.6 is 0 Å². The van der Waals surface area contributed by atoms with Crippen LogP contribution in [0.15, 0.2) is 24.3 Å². The van der Waals surface area contributed by atoms with Gasteiger partial charge in [0.2, 0.25) is 0 Å². The third kappa shape index (κ3) is 3.32. The van der Waals surface area contributed by atoms with Crippen LogP contribution in [0.2, 0.25) is 0 Å². The molecule has 2 unspecified atom stereocenters. The van der Waals surface area contributed by atoms with Gasteiger partial charge in [0.1, 0.15) is 5.75 Å². The quantitative estimate of drug-likeness (QED) is 0.867. The second-order valence-electron chi connectivity index (χ2n) is 5.86. The maximum absolute atomic E-state index is 10.7. The van der Waals surface area contributed by atoms with Crippen molar-refractivity contribution in [3.8, 4) is 5.75 Å². The van der Waals surface area contributed by atoms with E-state index in [4.69, 9.17) is 15.2 Å².